The van der Waals surface area contributed by atoms with Gasteiger partial charge in [0.1, 0.15) is 5.82 Å². The second kappa shape index (κ2) is 6.74. The molecule has 1 atom stereocenters. The first-order valence-electron chi connectivity index (χ1n) is 9.48. The Bertz CT molecular complexity index is 975. The zero-order valence-corrected chi connectivity index (χ0v) is 15.0. The molecule has 3 aromatic rings. The van der Waals surface area contributed by atoms with Crippen molar-refractivity contribution in [1.82, 2.24) is 20.1 Å². The molecule has 2 aliphatic rings. The topological polar surface area (TPSA) is 44.8 Å². The van der Waals surface area contributed by atoms with Crippen LogP contribution in [0.3, 0.4) is 0 Å². The molecule has 0 aliphatic carbocycles. The SMILES string of the molecule is Fc1ccc(-c2[nH]nc(C3=CCN4CCC[C@H]4C3)c2-c2ccncc2)cc1. The highest BCUT2D eigenvalue weighted by atomic mass is 19.1. The standard InChI is InChI=1S/C22H21FN4/c23-18-5-3-16(4-6-18)21-20(15-7-10-24-11-8-15)22(26-25-21)17-9-13-27-12-1-2-19(27)14-17/h3-11,19H,1-2,12-14H2,(H,25,26)/t19-/m0/s1. The predicted molar refractivity (Wildman–Crippen MR) is 104 cm³/mol. The summed E-state index contributed by atoms with van der Waals surface area (Å²) in [5.74, 6) is -0.236. The van der Waals surface area contributed by atoms with Crippen molar-refractivity contribution in [2.75, 3.05) is 13.1 Å². The highest BCUT2D eigenvalue weighted by molar-refractivity contribution is 5.89. The van der Waals surface area contributed by atoms with Crippen molar-refractivity contribution >= 4 is 5.57 Å². The molecule has 1 N–H and O–H groups in total. The maximum Gasteiger partial charge on any atom is 0.123 e. The van der Waals surface area contributed by atoms with Crippen LogP contribution in [-0.4, -0.2) is 39.2 Å². The summed E-state index contributed by atoms with van der Waals surface area (Å²) in [5, 5.41) is 7.92. The zero-order valence-electron chi connectivity index (χ0n) is 15.0. The molecule has 27 heavy (non-hydrogen) atoms. The molecule has 0 amide bonds. The largest absolute Gasteiger partial charge is 0.296 e. The van der Waals surface area contributed by atoms with Gasteiger partial charge in [0.15, 0.2) is 0 Å². The summed E-state index contributed by atoms with van der Waals surface area (Å²) in [4.78, 5) is 6.71. The second-order valence-electron chi connectivity index (χ2n) is 7.29. The summed E-state index contributed by atoms with van der Waals surface area (Å²) in [7, 11) is 0. The molecule has 1 aromatic carbocycles. The van der Waals surface area contributed by atoms with E-state index in [1.165, 1.54) is 37.1 Å². The van der Waals surface area contributed by atoms with Gasteiger partial charge >= 0.3 is 0 Å². The van der Waals surface area contributed by atoms with Crippen LogP contribution in [0.15, 0.2) is 54.9 Å². The molecular formula is C22H21FN4. The molecule has 0 spiro atoms. The van der Waals surface area contributed by atoms with Gasteiger partial charge in [-0.3, -0.25) is 15.0 Å². The molecule has 0 radical (unpaired) electrons. The molecule has 4 heterocycles. The van der Waals surface area contributed by atoms with Crippen LogP contribution in [0, 0.1) is 5.82 Å². The van der Waals surface area contributed by atoms with Crippen LogP contribution >= 0.6 is 0 Å². The number of halogens is 1. The average molecular weight is 360 g/mol. The van der Waals surface area contributed by atoms with Gasteiger partial charge < -0.3 is 0 Å². The molecule has 0 bridgehead atoms. The minimum Gasteiger partial charge on any atom is -0.296 e. The number of rotatable bonds is 3. The van der Waals surface area contributed by atoms with Crippen molar-refractivity contribution in [1.29, 1.82) is 0 Å². The van der Waals surface area contributed by atoms with E-state index in [-0.39, 0.29) is 5.82 Å². The van der Waals surface area contributed by atoms with Crippen LogP contribution in [-0.2, 0) is 0 Å². The van der Waals surface area contributed by atoms with E-state index < -0.39 is 0 Å². The first-order chi connectivity index (χ1) is 13.3. The Morgan fingerprint density at radius 3 is 2.67 bits per heavy atom. The smallest absolute Gasteiger partial charge is 0.123 e. The molecule has 0 unspecified atom stereocenters. The second-order valence-corrected chi connectivity index (χ2v) is 7.29. The van der Waals surface area contributed by atoms with Gasteiger partial charge in [-0.2, -0.15) is 5.10 Å². The lowest BCUT2D eigenvalue weighted by Crippen LogP contribution is -2.32. The van der Waals surface area contributed by atoms with Crippen LogP contribution in [0.1, 0.15) is 25.0 Å². The number of fused-ring (bicyclic) bond motifs is 1. The van der Waals surface area contributed by atoms with Gasteiger partial charge in [-0.25, -0.2) is 4.39 Å². The van der Waals surface area contributed by atoms with E-state index >= 15 is 0 Å². The maximum atomic E-state index is 13.4. The molecule has 0 saturated carbocycles. The molecule has 1 saturated heterocycles. The summed E-state index contributed by atoms with van der Waals surface area (Å²) in [6, 6.07) is 11.2. The number of nitrogens with zero attached hydrogens (tertiary/aromatic N) is 3. The first-order valence-corrected chi connectivity index (χ1v) is 9.48. The van der Waals surface area contributed by atoms with Crippen molar-refractivity contribution in [2.24, 2.45) is 0 Å². The van der Waals surface area contributed by atoms with E-state index in [9.17, 15) is 4.39 Å². The quantitative estimate of drug-likeness (QED) is 0.746. The summed E-state index contributed by atoms with van der Waals surface area (Å²) < 4.78 is 13.4. The van der Waals surface area contributed by atoms with Gasteiger partial charge in [0.25, 0.3) is 0 Å². The van der Waals surface area contributed by atoms with Crippen molar-refractivity contribution in [3.63, 3.8) is 0 Å². The van der Waals surface area contributed by atoms with Gasteiger partial charge in [0, 0.05) is 36.1 Å². The molecule has 136 valence electrons. The predicted octanol–water partition coefficient (Wildman–Crippen LogP) is 4.53. The van der Waals surface area contributed by atoms with E-state index in [0.29, 0.717) is 6.04 Å². The van der Waals surface area contributed by atoms with Crippen molar-refractivity contribution < 1.29 is 4.39 Å². The summed E-state index contributed by atoms with van der Waals surface area (Å²) in [6.07, 6.45) is 9.49. The Morgan fingerprint density at radius 1 is 1.04 bits per heavy atom. The third-order valence-corrected chi connectivity index (χ3v) is 5.70. The zero-order chi connectivity index (χ0) is 18.2. The highest BCUT2D eigenvalue weighted by Crippen LogP contribution is 2.40. The Kier molecular flexibility index (Phi) is 4.09. The Labute approximate surface area is 157 Å². The van der Waals surface area contributed by atoms with Crippen molar-refractivity contribution in [3.8, 4) is 22.4 Å². The Hall–Kier alpha value is -2.79. The molecule has 2 aliphatic heterocycles. The summed E-state index contributed by atoms with van der Waals surface area (Å²) in [5.41, 5.74) is 6.30. The summed E-state index contributed by atoms with van der Waals surface area (Å²) in [6.45, 7) is 2.20. The minimum absolute atomic E-state index is 0.236. The fraction of sp³-hybridized carbons (Fsp3) is 0.273. The number of pyridine rings is 1. The number of aromatic nitrogens is 3. The van der Waals surface area contributed by atoms with Gasteiger partial charge in [0.2, 0.25) is 0 Å². The first kappa shape index (κ1) is 16.4. The molecule has 1 fully saturated rings. The van der Waals surface area contributed by atoms with Gasteiger partial charge in [-0.1, -0.05) is 6.08 Å². The van der Waals surface area contributed by atoms with E-state index in [4.69, 9.17) is 5.10 Å². The average Bonchev–Trinajstić information content (AvgIpc) is 3.35. The van der Waals surface area contributed by atoms with Crippen LogP contribution in [0.5, 0.6) is 0 Å². The maximum absolute atomic E-state index is 13.4. The van der Waals surface area contributed by atoms with Crippen LogP contribution in [0.4, 0.5) is 4.39 Å². The van der Waals surface area contributed by atoms with Crippen LogP contribution in [0.25, 0.3) is 28.0 Å². The fourth-order valence-corrected chi connectivity index (χ4v) is 4.32. The minimum atomic E-state index is -0.236. The van der Waals surface area contributed by atoms with Gasteiger partial charge in [-0.05, 0) is 73.3 Å². The number of aromatic amines is 1. The monoisotopic (exact) mass is 360 g/mol. The van der Waals surface area contributed by atoms with E-state index in [1.807, 2.05) is 12.1 Å². The van der Waals surface area contributed by atoms with Gasteiger partial charge in [-0.15, -0.1) is 0 Å². The molecule has 4 nitrogen and oxygen atoms in total. The van der Waals surface area contributed by atoms with E-state index in [1.54, 1.807) is 24.5 Å². The summed E-state index contributed by atoms with van der Waals surface area (Å²) >= 11 is 0. The fourth-order valence-electron chi connectivity index (χ4n) is 4.32. The van der Waals surface area contributed by atoms with E-state index in [0.717, 1.165) is 41.0 Å². The number of benzene rings is 1. The van der Waals surface area contributed by atoms with E-state index in [2.05, 4.69) is 21.1 Å². The van der Waals surface area contributed by atoms with Crippen molar-refractivity contribution in [3.05, 3.63) is 66.4 Å². The highest BCUT2D eigenvalue weighted by Gasteiger charge is 2.30. The number of nitrogens with one attached hydrogen (secondary N) is 1. The number of hydrogen-bond donors (Lipinski definition) is 1. The third kappa shape index (κ3) is 2.98. The molecule has 5 rings (SSSR count). The lowest BCUT2D eigenvalue weighted by Gasteiger charge is -2.28. The van der Waals surface area contributed by atoms with Crippen LogP contribution < -0.4 is 0 Å². The lowest BCUT2D eigenvalue weighted by molar-refractivity contribution is 0.275. The lowest BCUT2D eigenvalue weighted by atomic mass is 9.91. The number of hydrogen-bond acceptors (Lipinski definition) is 3. The van der Waals surface area contributed by atoms with Crippen molar-refractivity contribution in [2.45, 2.75) is 25.3 Å². The van der Waals surface area contributed by atoms with Crippen LogP contribution in [0.2, 0.25) is 0 Å². The Balaban J connectivity index is 1.63. The molecule has 2 aromatic heterocycles. The number of H-pyrrole nitrogens is 1. The third-order valence-electron chi connectivity index (χ3n) is 5.70. The Morgan fingerprint density at radius 2 is 1.85 bits per heavy atom. The van der Waals surface area contributed by atoms with Gasteiger partial charge in [0.05, 0.1) is 11.4 Å². The normalized spacial score (nSPS) is 19.7. The molecule has 5 heteroatoms. The molecular weight excluding hydrogens is 339 g/mol.